The molecule has 100 valence electrons. The van der Waals surface area contributed by atoms with E-state index in [9.17, 15) is 13.2 Å². The van der Waals surface area contributed by atoms with Gasteiger partial charge in [-0.25, -0.2) is 0 Å². The first kappa shape index (κ1) is 12.4. The van der Waals surface area contributed by atoms with Crippen LogP contribution in [0, 0.1) is 0 Å². The van der Waals surface area contributed by atoms with Crippen molar-refractivity contribution >= 4 is 10.9 Å². The van der Waals surface area contributed by atoms with Crippen LogP contribution in [0.3, 0.4) is 0 Å². The van der Waals surface area contributed by atoms with Crippen molar-refractivity contribution in [3.63, 3.8) is 0 Å². The Hall–Kier alpha value is -1.62. The van der Waals surface area contributed by atoms with Crippen molar-refractivity contribution in [3.05, 3.63) is 42.1 Å². The van der Waals surface area contributed by atoms with Crippen LogP contribution in [0.2, 0.25) is 0 Å². The number of rotatable bonds is 3. The smallest absolute Gasteiger partial charge is 0.298 e. The fourth-order valence-electron chi connectivity index (χ4n) is 2.15. The molecule has 1 saturated carbocycles. The van der Waals surface area contributed by atoms with Crippen molar-refractivity contribution < 1.29 is 13.2 Å². The van der Waals surface area contributed by atoms with Crippen LogP contribution in [-0.2, 0) is 6.54 Å². The van der Waals surface area contributed by atoms with E-state index < -0.39 is 11.7 Å². The minimum absolute atomic E-state index is 0.143. The van der Waals surface area contributed by atoms with E-state index in [-0.39, 0.29) is 19.4 Å². The van der Waals surface area contributed by atoms with Gasteiger partial charge in [0.05, 0.1) is 11.2 Å². The van der Waals surface area contributed by atoms with Crippen LogP contribution < -0.4 is 5.32 Å². The molecule has 0 bridgehead atoms. The van der Waals surface area contributed by atoms with E-state index in [4.69, 9.17) is 0 Å². The predicted octanol–water partition coefficient (Wildman–Crippen LogP) is 3.42. The summed E-state index contributed by atoms with van der Waals surface area (Å²) in [6.07, 6.45) is -3.86. The second kappa shape index (κ2) is 4.20. The fraction of sp³-hybridized carbons (Fsp3) is 0.357. The quantitative estimate of drug-likeness (QED) is 0.920. The lowest BCUT2D eigenvalue weighted by molar-refractivity contribution is -0.166. The van der Waals surface area contributed by atoms with Crippen LogP contribution in [0.5, 0.6) is 0 Å². The van der Waals surface area contributed by atoms with Crippen LogP contribution >= 0.6 is 0 Å². The summed E-state index contributed by atoms with van der Waals surface area (Å²) in [5.41, 5.74) is -0.242. The third kappa shape index (κ3) is 2.30. The lowest BCUT2D eigenvalue weighted by Gasteiger charge is -2.20. The Kier molecular flexibility index (Phi) is 2.74. The van der Waals surface area contributed by atoms with Crippen molar-refractivity contribution in [2.45, 2.75) is 31.1 Å². The van der Waals surface area contributed by atoms with Crippen LogP contribution in [0.25, 0.3) is 10.9 Å². The molecule has 2 nitrogen and oxygen atoms in total. The summed E-state index contributed by atoms with van der Waals surface area (Å²) in [6.45, 7) is 0.143. The predicted molar refractivity (Wildman–Crippen MR) is 66.6 cm³/mol. The van der Waals surface area contributed by atoms with E-state index in [2.05, 4.69) is 10.3 Å². The second-order valence-corrected chi connectivity index (χ2v) is 4.93. The maximum Gasteiger partial charge on any atom is 0.406 e. The second-order valence-electron chi connectivity index (χ2n) is 4.93. The number of halogens is 3. The SMILES string of the molecule is FC(F)(F)C1(NCc2ccc3ccccc3n2)CC1. The highest BCUT2D eigenvalue weighted by Crippen LogP contribution is 2.49. The standard InChI is InChI=1S/C14H13F3N2/c15-14(16,17)13(7-8-13)18-9-11-6-5-10-3-1-2-4-12(10)19-11/h1-6,18H,7-9H2. The Morgan fingerprint density at radius 2 is 1.84 bits per heavy atom. The molecule has 1 N–H and O–H groups in total. The Labute approximate surface area is 108 Å². The molecule has 19 heavy (non-hydrogen) atoms. The molecular weight excluding hydrogens is 253 g/mol. The number of hydrogen-bond donors (Lipinski definition) is 1. The van der Waals surface area contributed by atoms with Gasteiger partial charge < -0.3 is 0 Å². The van der Waals surface area contributed by atoms with Gasteiger partial charge >= 0.3 is 6.18 Å². The van der Waals surface area contributed by atoms with Gasteiger partial charge in [-0.05, 0) is 25.0 Å². The summed E-state index contributed by atoms with van der Waals surface area (Å²) in [4.78, 5) is 4.36. The number of alkyl halides is 3. The third-order valence-corrected chi connectivity index (χ3v) is 3.56. The summed E-state index contributed by atoms with van der Waals surface area (Å²) in [5.74, 6) is 0. The molecule has 1 aliphatic rings. The number of nitrogens with one attached hydrogen (secondary N) is 1. The number of fused-ring (bicyclic) bond motifs is 1. The zero-order valence-electron chi connectivity index (χ0n) is 10.2. The molecule has 0 unspecified atom stereocenters. The van der Waals surface area contributed by atoms with Gasteiger partial charge in [0.1, 0.15) is 5.54 Å². The van der Waals surface area contributed by atoms with Gasteiger partial charge in [0, 0.05) is 11.9 Å². The monoisotopic (exact) mass is 266 g/mol. The highest BCUT2D eigenvalue weighted by atomic mass is 19.4. The fourth-order valence-corrected chi connectivity index (χ4v) is 2.15. The number of aromatic nitrogens is 1. The van der Waals surface area contributed by atoms with Gasteiger partial charge in [-0.2, -0.15) is 13.2 Å². The molecule has 0 atom stereocenters. The highest BCUT2D eigenvalue weighted by Gasteiger charge is 2.62. The molecule has 0 saturated heterocycles. The molecule has 1 aromatic heterocycles. The summed E-state index contributed by atoms with van der Waals surface area (Å²) >= 11 is 0. The van der Waals surface area contributed by atoms with E-state index in [0.717, 1.165) is 10.9 Å². The van der Waals surface area contributed by atoms with E-state index >= 15 is 0 Å². The summed E-state index contributed by atoms with van der Waals surface area (Å²) < 4.78 is 38.3. The third-order valence-electron chi connectivity index (χ3n) is 3.56. The Balaban J connectivity index is 1.76. The van der Waals surface area contributed by atoms with E-state index in [1.54, 1.807) is 6.07 Å². The lowest BCUT2D eigenvalue weighted by Crippen LogP contribution is -2.44. The Morgan fingerprint density at radius 1 is 1.11 bits per heavy atom. The topological polar surface area (TPSA) is 24.9 Å². The lowest BCUT2D eigenvalue weighted by atomic mass is 10.2. The Morgan fingerprint density at radius 3 is 2.53 bits per heavy atom. The van der Waals surface area contributed by atoms with Crippen molar-refractivity contribution in [2.24, 2.45) is 0 Å². The average molecular weight is 266 g/mol. The van der Waals surface area contributed by atoms with E-state index in [1.807, 2.05) is 30.3 Å². The van der Waals surface area contributed by atoms with Crippen molar-refractivity contribution in [2.75, 3.05) is 0 Å². The normalized spacial score (nSPS) is 17.6. The molecule has 0 radical (unpaired) electrons. The van der Waals surface area contributed by atoms with Gasteiger partial charge in [-0.15, -0.1) is 0 Å². The summed E-state index contributed by atoms with van der Waals surface area (Å²) in [5, 5.41) is 3.59. The van der Waals surface area contributed by atoms with Gasteiger partial charge in [0.25, 0.3) is 0 Å². The minimum Gasteiger partial charge on any atom is -0.298 e. The number of para-hydroxylation sites is 1. The van der Waals surface area contributed by atoms with Crippen molar-refractivity contribution in [3.8, 4) is 0 Å². The van der Waals surface area contributed by atoms with Gasteiger partial charge in [-0.3, -0.25) is 10.3 Å². The van der Waals surface area contributed by atoms with Gasteiger partial charge in [0.2, 0.25) is 0 Å². The van der Waals surface area contributed by atoms with Crippen LogP contribution in [0.1, 0.15) is 18.5 Å². The summed E-state index contributed by atoms with van der Waals surface area (Å²) in [6, 6.07) is 11.2. The zero-order chi connectivity index (χ0) is 13.5. The number of benzene rings is 1. The van der Waals surface area contributed by atoms with E-state index in [1.165, 1.54) is 0 Å². The number of hydrogen-bond acceptors (Lipinski definition) is 2. The molecule has 1 fully saturated rings. The number of pyridine rings is 1. The van der Waals surface area contributed by atoms with Crippen molar-refractivity contribution in [1.29, 1.82) is 0 Å². The Bertz CT molecular complexity index is 603. The molecule has 0 spiro atoms. The molecule has 1 aliphatic carbocycles. The first-order valence-corrected chi connectivity index (χ1v) is 6.17. The molecule has 0 aliphatic heterocycles. The summed E-state index contributed by atoms with van der Waals surface area (Å²) in [7, 11) is 0. The molecule has 1 heterocycles. The van der Waals surface area contributed by atoms with Crippen LogP contribution in [0.4, 0.5) is 13.2 Å². The first-order valence-electron chi connectivity index (χ1n) is 6.17. The highest BCUT2D eigenvalue weighted by molar-refractivity contribution is 5.78. The van der Waals surface area contributed by atoms with Gasteiger partial charge in [0.15, 0.2) is 0 Å². The molecule has 5 heteroatoms. The van der Waals surface area contributed by atoms with Crippen molar-refractivity contribution in [1.82, 2.24) is 10.3 Å². The zero-order valence-corrected chi connectivity index (χ0v) is 10.2. The molecule has 1 aromatic carbocycles. The maximum absolute atomic E-state index is 12.8. The minimum atomic E-state index is -4.18. The van der Waals surface area contributed by atoms with E-state index in [0.29, 0.717) is 5.69 Å². The van der Waals surface area contributed by atoms with Crippen LogP contribution in [-0.4, -0.2) is 16.7 Å². The average Bonchev–Trinajstić information content (AvgIpc) is 3.17. The molecular formula is C14H13F3N2. The molecule has 0 amide bonds. The van der Waals surface area contributed by atoms with Crippen LogP contribution in [0.15, 0.2) is 36.4 Å². The first-order chi connectivity index (χ1) is 9.00. The maximum atomic E-state index is 12.8. The molecule has 3 rings (SSSR count). The number of nitrogens with zero attached hydrogens (tertiary/aromatic N) is 1. The molecule has 2 aromatic rings. The van der Waals surface area contributed by atoms with Gasteiger partial charge in [-0.1, -0.05) is 24.3 Å². The largest absolute Gasteiger partial charge is 0.406 e.